The van der Waals surface area contributed by atoms with Gasteiger partial charge < -0.3 is 14.5 Å². The lowest BCUT2D eigenvalue weighted by Crippen LogP contribution is -2.05. The lowest BCUT2D eigenvalue weighted by Gasteiger charge is -2.09. The molecule has 2 heterocycles. The van der Waals surface area contributed by atoms with Crippen LogP contribution in [0.3, 0.4) is 0 Å². The average molecular weight is 327 g/mol. The molecule has 8 nitrogen and oxygen atoms in total. The number of carbonyl (C=O) groups excluding carboxylic acids is 1. The quantitative estimate of drug-likeness (QED) is 0.344. The minimum absolute atomic E-state index is 0.00510. The highest BCUT2D eigenvalue weighted by molar-refractivity contribution is 6.00. The first-order chi connectivity index (χ1) is 11.5. The summed E-state index contributed by atoms with van der Waals surface area (Å²) in [5.41, 5.74) is 2.53. The third-order valence-corrected chi connectivity index (χ3v) is 3.73. The van der Waals surface area contributed by atoms with E-state index in [1.165, 1.54) is 24.3 Å². The van der Waals surface area contributed by atoms with Gasteiger partial charge in [0.2, 0.25) is 0 Å². The molecule has 3 rings (SSSR count). The second-order valence-corrected chi connectivity index (χ2v) is 5.54. The third kappa shape index (κ3) is 2.62. The van der Waals surface area contributed by atoms with Gasteiger partial charge in [0.15, 0.2) is 0 Å². The summed E-state index contributed by atoms with van der Waals surface area (Å²) in [5.74, 6) is -0.594. The Morgan fingerprint density at radius 2 is 2.21 bits per heavy atom. The number of rotatable bonds is 4. The maximum absolute atomic E-state index is 11.5. The van der Waals surface area contributed by atoms with Crippen LogP contribution in [0.1, 0.15) is 36.1 Å². The molecule has 24 heavy (non-hydrogen) atoms. The minimum atomic E-state index is -0.589. The molecule has 1 aromatic carbocycles. The smallest absolute Gasteiger partial charge is 0.377 e. The summed E-state index contributed by atoms with van der Waals surface area (Å²) >= 11 is 0. The van der Waals surface area contributed by atoms with Crippen LogP contribution in [-0.4, -0.2) is 43.8 Å². The number of hydrogen-bond acceptors (Lipinski definition) is 6. The number of oxime groups is 1. The van der Waals surface area contributed by atoms with Gasteiger partial charge in [-0.15, -0.1) is 5.10 Å². The molecule has 8 heteroatoms. The highest BCUT2D eigenvalue weighted by Gasteiger charge is 2.14. The lowest BCUT2D eigenvalue weighted by atomic mass is 10.1. The Bertz CT molecular complexity index is 923. The van der Waals surface area contributed by atoms with Crippen LogP contribution in [0.2, 0.25) is 0 Å². The van der Waals surface area contributed by atoms with Gasteiger partial charge in [0.05, 0.1) is 19.0 Å². The molecule has 0 amide bonds. The van der Waals surface area contributed by atoms with Crippen molar-refractivity contribution in [3.05, 3.63) is 42.1 Å². The average Bonchev–Trinajstić information content (AvgIpc) is 3.19. The molecule has 0 unspecified atom stereocenters. The van der Waals surface area contributed by atoms with Crippen molar-refractivity contribution in [3.8, 4) is 5.69 Å². The Labute approximate surface area is 138 Å². The summed E-state index contributed by atoms with van der Waals surface area (Å²) in [6.45, 7) is 4.15. The van der Waals surface area contributed by atoms with E-state index >= 15 is 0 Å². The third-order valence-electron chi connectivity index (χ3n) is 3.73. The van der Waals surface area contributed by atoms with Crippen LogP contribution in [0.15, 0.2) is 35.9 Å². The Morgan fingerprint density at radius 3 is 2.88 bits per heavy atom. The van der Waals surface area contributed by atoms with Gasteiger partial charge in [-0.25, -0.2) is 14.5 Å². The molecular weight excluding hydrogens is 310 g/mol. The molecule has 0 fully saturated rings. The zero-order valence-electron chi connectivity index (χ0n) is 13.5. The molecular formula is C16H17N5O3. The fourth-order valence-electron chi connectivity index (χ4n) is 2.58. The maximum Gasteiger partial charge on any atom is 0.377 e. The Morgan fingerprint density at radius 1 is 1.42 bits per heavy atom. The zero-order valence-corrected chi connectivity index (χ0v) is 13.5. The van der Waals surface area contributed by atoms with Crippen molar-refractivity contribution in [1.29, 1.82) is 0 Å². The van der Waals surface area contributed by atoms with Crippen molar-refractivity contribution in [2.24, 2.45) is 5.16 Å². The number of benzene rings is 1. The van der Waals surface area contributed by atoms with Gasteiger partial charge in [-0.2, -0.15) is 0 Å². The van der Waals surface area contributed by atoms with Crippen LogP contribution in [0.25, 0.3) is 16.6 Å². The van der Waals surface area contributed by atoms with E-state index in [4.69, 9.17) is 5.21 Å². The molecule has 0 radical (unpaired) electrons. The molecule has 0 aliphatic rings. The molecule has 0 spiro atoms. The van der Waals surface area contributed by atoms with Gasteiger partial charge in [-0.05, 0) is 32.0 Å². The van der Waals surface area contributed by atoms with Gasteiger partial charge in [0, 0.05) is 28.7 Å². The Hall–Kier alpha value is -3.16. The van der Waals surface area contributed by atoms with Gasteiger partial charge in [0.1, 0.15) is 6.33 Å². The molecule has 0 bridgehead atoms. The second-order valence-electron chi connectivity index (χ2n) is 5.54. The van der Waals surface area contributed by atoms with E-state index in [0.717, 1.165) is 22.2 Å². The topological polar surface area (TPSA) is 94.5 Å². The van der Waals surface area contributed by atoms with Crippen molar-refractivity contribution >= 4 is 23.1 Å². The van der Waals surface area contributed by atoms with Crippen molar-refractivity contribution in [2.75, 3.05) is 7.11 Å². The number of methoxy groups -OCH3 is 1. The predicted molar refractivity (Wildman–Crippen MR) is 88.0 cm³/mol. The number of aromatic nitrogens is 4. The summed E-state index contributed by atoms with van der Waals surface area (Å²) in [6.07, 6.45) is 4.78. The van der Waals surface area contributed by atoms with Crippen LogP contribution >= 0.6 is 0 Å². The van der Waals surface area contributed by atoms with Crippen LogP contribution in [0.5, 0.6) is 0 Å². The van der Waals surface area contributed by atoms with Gasteiger partial charge in [-0.1, -0.05) is 5.16 Å². The number of hydrogen-bond donors (Lipinski definition) is 1. The standard InChI is InChI=1S/C16H17N5O3/c1-10(2)20-8-11(7-18-23)13-6-12(4-5-14(13)20)21-9-17-15(19-21)16(22)24-3/h4-10,23H,1-3H3/b18-7+. The normalized spacial score (nSPS) is 11.7. The molecule has 0 aliphatic heterocycles. The summed E-state index contributed by atoms with van der Waals surface area (Å²) in [5, 5.41) is 17.0. The lowest BCUT2D eigenvalue weighted by molar-refractivity contribution is 0.0587. The highest BCUT2D eigenvalue weighted by Crippen LogP contribution is 2.26. The number of fused-ring (bicyclic) bond motifs is 1. The molecule has 2 aromatic heterocycles. The zero-order chi connectivity index (χ0) is 17.3. The first kappa shape index (κ1) is 15.7. The molecule has 124 valence electrons. The fourth-order valence-corrected chi connectivity index (χ4v) is 2.58. The van der Waals surface area contributed by atoms with Crippen molar-refractivity contribution in [3.63, 3.8) is 0 Å². The predicted octanol–water partition coefficient (Wildman–Crippen LogP) is 2.40. The van der Waals surface area contributed by atoms with Crippen LogP contribution in [-0.2, 0) is 4.74 Å². The monoisotopic (exact) mass is 327 g/mol. The molecule has 0 saturated carbocycles. The van der Waals surface area contributed by atoms with Crippen molar-refractivity contribution in [1.82, 2.24) is 19.3 Å². The van der Waals surface area contributed by atoms with Crippen LogP contribution in [0.4, 0.5) is 0 Å². The summed E-state index contributed by atoms with van der Waals surface area (Å²) < 4.78 is 8.20. The van der Waals surface area contributed by atoms with Gasteiger partial charge in [0.25, 0.3) is 5.82 Å². The SMILES string of the molecule is COC(=O)c1ncn(-c2ccc3c(c2)c(/C=N/O)cn3C(C)C)n1. The fraction of sp³-hybridized carbons (Fsp3) is 0.250. The largest absolute Gasteiger partial charge is 0.463 e. The second kappa shape index (κ2) is 6.15. The van der Waals surface area contributed by atoms with E-state index in [0.29, 0.717) is 0 Å². The first-order valence-electron chi connectivity index (χ1n) is 7.37. The van der Waals surface area contributed by atoms with Crippen LogP contribution in [0, 0.1) is 0 Å². The van der Waals surface area contributed by atoms with E-state index in [1.807, 2.05) is 24.4 Å². The number of esters is 1. The summed E-state index contributed by atoms with van der Waals surface area (Å²) in [4.78, 5) is 15.4. The first-order valence-corrected chi connectivity index (χ1v) is 7.37. The van der Waals surface area contributed by atoms with E-state index in [-0.39, 0.29) is 11.9 Å². The minimum Gasteiger partial charge on any atom is -0.463 e. The van der Waals surface area contributed by atoms with Crippen molar-refractivity contribution in [2.45, 2.75) is 19.9 Å². The summed E-state index contributed by atoms with van der Waals surface area (Å²) in [6, 6.07) is 6.01. The van der Waals surface area contributed by atoms with Crippen LogP contribution < -0.4 is 0 Å². The van der Waals surface area contributed by atoms with E-state index in [1.54, 1.807) is 0 Å². The van der Waals surface area contributed by atoms with Gasteiger partial charge in [-0.3, -0.25) is 0 Å². The van der Waals surface area contributed by atoms with E-state index in [9.17, 15) is 4.79 Å². The highest BCUT2D eigenvalue weighted by atomic mass is 16.5. The molecule has 0 saturated heterocycles. The summed E-state index contributed by atoms with van der Waals surface area (Å²) in [7, 11) is 1.28. The molecule has 0 atom stereocenters. The number of ether oxygens (including phenoxy) is 1. The van der Waals surface area contributed by atoms with Gasteiger partial charge >= 0.3 is 5.97 Å². The number of carbonyl (C=O) groups is 1. The molecule has 3 aromatic rings. The van der Waals surface area contributed by atoms with E-state index in [2.05, 4.69) is 38.4 Å². The molecule has 0 aliphatic carbocycles. The van der Waals surface area contributed by atoms with E-state index < -0.39 is 5.97 Å². The maximum atomic E-state index is 11.5. The Kier molecular flexibility index (Phi) is 4.03. The molecule has 1 N–H and O–H groups in total. The van der Waals surface area contributed by atoms with Crippen molar-refractivity contribution < 1.29 is 14.7 Å². The number of nitrogens with zero attached hydrogens (tertiary/aromatic N) is 5. The Balaban J connectivity index is 2.12.